The Bertz CT molecular complexity index is 1030. The Hall–Kier alpha value is -2.54. The van der Waals surface area contributed by atoms with E-state index >= 15 is 0 Å². The lowest BCUT2D eigenvalue weighted by Gasteiger charge is -2.31. The van der Waals surface area contributed by atoms with Crippen molar-refractivity contribution in [3.63, 3.8) is 0 Å². The molecule has 0 N–H and O–H groups in total. The Morgan fingerprint density at radius 1 is 1.23 bits per heavy atom. The van der Waals surface area contributed by atoms with Gasteiger partial charge >= 0.3 is 0 Å². The summed E-state index contributed by atoms with van der Waals surface area (Å²) in [6.07, 6.45) is 5.96. The number of hydrogen-bond acceptors (Lipinski definition) is 4. The van der Waals surface area contributed by atoms with Gasteiger partial charge in [0.1, 0.15) is 4.90 Å². The van der Waals surface area contributed by atoms with Gasteiger partial charge in [0, 0.05) is 23.7 Å². The van der Waals surface area contributed by atoms with Crippen molar-refractivity contribution in [1.82, 2.24) is 4.98 Å². The minimum absolute atomic E-state index is 0.0544. The second-order valence-corrected chi connectivity index (χ2v) is 8.17. The number of alkyl halides is 1. The Balaban J connectivity index is 2.15. The summed E-state index contributed by atoms with van der Waals surface area (Å²) in [4.78, 5) is 5.31. The Morgan fingerprint density at radius 3 is 2.62 bits per heavy atom. The lowest BCUT2D eigenvalue weighted by molar-refractivity contribution is 0.395. The average molecular weight is 376 g/mol. The van der Waals surface area contributed by atoms with Crippen LogP contribution >= 0.6 is 0 Å². The minimum Gasteiger partial charge on any atom is -0.311 e. The summed E-state index contributed by atoms with van der Waals surface area (Å²) in [6.45, 7) is 3.56. The number of allylic oxidation sites excluding steroid dienone is 3. The number of pyridine rings is 1. The van der Waals surface area contributed by atoms with E-state index in [9.17, 15) is 17.2 Å². The molecule has 0 bridgehead atoms. The monoisotopic (exact) mass is 376 g/mol. The second kappa shape index (κ2) is 6.64. The van der Waals surface area contributed by atoms with Crippen molar-refractivity contribution in [3.05, 3.63) is 65.8 Å². The molecule has 0 radical (unpaired) electrons. The molecule has 2 aromatic rings. The van der Waals surface area contributed by atoms with Crippen LogP contribution in [0, 0.1) is 12.7 Å². The predicted molar refractivity (Wildman–Crippen MR) is 97.7 cm³/mol. The normalized spacial score (nSPS) is 17.3. The van der Waals surface area contributed by atoms with Crippen molar-refractivity contribution in [2.24, 2.45) is 0 Å². The molecule has 0 saturated carbocycles. The van der Waals surface area contributed by atoms with E-state index in [0.29, 0.717) is 11.4 Å². The predicted octanol–water partition coefficient (Wildman–Crippen LogP) is 4.18. The van der Waals surface area contributed by atoms with E-state index in [1.165, 1.54) is 35.4 Å². The number of sulfone groups is 1. The van der Waals surface area contributed by atoms with Gasteiger partial charge in [0.05, 0.1) is 11.4 Å². The van der Waals surface area contributed by atoms with Gasteiger partial charge in [-0.3, -0.25) is 4.98 Å². The maximum Gasteiger partial charge on any atom is 0.195 e. The van der Waals surface area contributed by atoms with Crippen molar-refractivity contribution in [1.29, 1.82) is 0 Å². The van der Waals surface area contributed by atoms with Gasteiger partial charge in [-0.05, 0) is 49.8 Å². The molecular weight excluding hydrogens is 358 g/mol. The van der Waals surface area contributed by atoms with Gasteiger partial charge in [-0.2, -0.15) is 0 Å². The third-order valence-corrected chi connectivity index (χ3v) is 5.32. The fourth-order valence-corrected chi connectivity index (χ4v) is 3.65. The molecule has 7 heteroatoms. The molecule has 0 spiro atoms. The summed E-state index contributed by atoms with van der Waals surface area (Å²) in [5, 5.41) is 0. The van der Waals surface area contributed by atoms with Gasteiger partial charge in [-0.1, -0.05) is 12.1 Å². The molecule has 2 heterocycles. The van der Waals surface area contributed by atoms with Crippen LogP contribution in [0.5, 0.6) is 0 Å². The molecule has 1 unspecified atom stereocenters. The van der Waals surface area contributed by atoms with E-state index in [4.69, 9.17) is 0 Å². The highest BCUT2D eigenvalue weighted by Crippen LogP contribution is 2.33. The number of aryl methyl sites for hydroxylation is 1. The summed E-state index contributed by atoms with van der Waals surface area (Å²) >= 11 is 0. The molecule has 3 rings (SSSR count). The Kier molecular flexibility index (Phi) is 4.66. The molecular formula is C19H18F2N2O2S. The van der Waals surface area contributed by atoms with Crippen LogP contribution in [0.2, 0.25) is 0 Å². The molecule has 1 aliphatic rings. The second-order valence-electron chi connectivity index (χ2n) is 6.18. The molecule has 1 atom stereocenters. The van der Waals surface area contributed by atoms with Crippen LogP contribution in [0.3, 0.4) is 0 Å². The number of benzene rings is 1. The van der Waals surface area contributed by atoms with Crippen molar-refractivity contribution in [2.75, 3.05) is 11.2 Å². The van der Waals surface area contributed by atoms with Crippen LogP contribution < -0.4 is 4.90 Å². The fraction of sp³-hybridized carbons (Fsp3) is 0.211. The van der Waals surface area contributed by atoms with E-state index in [0.717, 1.165) is 11.8 Å². The van der Waals surface area contributed by atoms with Gasteiger partial charge in [-0.15, -0.1) is 0 Å². The number of halogens is 2. The van der Waals surface area contributed by atoms with Crippen LogP contribution in [-0.4, -0.2) is 26.0 Å². The quantitative estimate of drug-likeness (QED) is 0.755. The van der Waals surface area contributed by atoms with Gasteiger partial charge in [0.2, 0.25) is 0 Å². The molecule has 1 aromatic heterocycles. The van der Waals surface area contributed by atoms with Gasteiger partial charge in [-0.25, -0.2) is 17.2 Å². The first-order chi connectivity index (χ1) is 12.2. The average Bonchev–Trinajstić information content (AvgIpc) is 2.55. The molecule has 26 heavy (non-hydrogen) atoms. The van der Waals surface area contributed by atoms with Crippen molar-refractivity contribution in [2.45, 2.75) is 25.0 Å². The topological polar surface area (TPSA) is 50.3 Å². The molecule has 0 amide bonds. The molecule has 0 fully saturated rings. The zero-order chi connectivity index (χ0) is 19.1. The number of rotatable bonds is 3. The smallest absolute Gasteiger partial charge is 0.195 e. The maximum atomic E-state index is 14.8. The van der Waals surface area contributed by atoms with Gasteiger partial charge in [0.25, 0.3) is 0 Å². The first-order valence-electron chi connectivity index (χ1n) is 7.94. The van der Waals surface area contributed by atoms with Crippen LogP contribution in [0.1, 0.15) is 12.5 Å². The summed E-state index contributed by atoms with van der Waals surface area (Å²) in [5.74, 6) is -0.861. The number of anilines is 1. The number of aromatic nitrogens is 1. The summed E-state index contributed by atoms with van der Waals surface area (Å²) in [6, 6.07) is 5.70. The van der Waals surface area contributed by atoms with E-state index in [2.05, 4.69) is 4.98 Å². The van der Waals surface area contributed by atoms with Crippen molar-refractivity contribution in [3.8, 4) is 11.3 Å². The van der Waals surface area contributed by atoms with Crippen molar-refractivity contribution >= 4 is 15.5 Å². The van der Waals surface area contributed by atoms with Crippen molar-refractivity contribution < 1.29 is 17.2 Å². The van der Waals surface area contributed by atoms with Crippen LogP contribution in [0.25, 0.3) is 11.3 Å². The highest BCUT2D eigenvalue weighted by Gasteiger charge is 2.23. The fourth-order valence-electron chi connectivity index (χ4n) is 2.89. The first kappa shape index (κ1) is 18.3. The SMILES string of the molecule is CC1=CC=CC(F)N1c1cc(-c2cccc(S(C)(=O)=O)c2F)ncc1C. The molecule has 4 nitrogen and oxygen atoms in total. The van der Waals surface area contributed by atoms with E-state index in [1.54, 1.807) is 32.1 Å². The van der Waals surface area contributed by atoms with Gasteiger partial charge in [0.15, 0.2) is 22.0 Å². The summed E-state index contributed by atoms with van der Waals surface area (Å²) in [7, 11) is -3.71. The van der Waals surface area contributed by atoms with E-state index in [-0.39, 0.29) is 16.2 Å². The lowest BCUT2D eigenvalue weighted by Crippen LogP contribution is -2.31. The summed E-state index contributed by atoms with van der Waals surface area (Å²) in [5.41, 5.74) is 2.26. The minimum atomic E-state index is -3.71. The molecule has 1 aliphatic heterocycles. The number of nitrogens with zero attached hydrogens (tertiary/aromatic N) is 2. The molecule has 136 valence electrons. The van der Waals surface area contributed by atoms with Crippen LogP contribution in [0.15, 0.2) is 59.3 Å². The molecule has 0 saturated heterocycles. The molecule has 1 aromatic carbocycles. The Morgan fingerprint density at radius 2 is 1.96 bits per heavy atom. The van der Waals surface area contributed by atoms with Gasteiger partial charge < -0.3 is 4.90 Å². The highest BCUT2D eigenvalue weighted by atomic mass is 32.2. The standard InChI is InChI=1S/C19H18F2N2O2S/c1-12-11-22-15(10-16(12)23-13(2)6-4-9-18(23)20)14-7-5-8-17(19(14)21)26(3,24)25/h4-11,18H,1-3H3. The van der Waals surface area contributed by atoms with E-state index in [1.807, 2.05) is 0 Å². The zero-order valence-electron chi connectivity index (χ0n) is 14.6. The largest absolute Gasteiger partial charge is 0.311 e. The Labute approximate surface area is 151 Å². The third-order valence-electron chi connectivity index (χ3n) is 4.21. The number of hydrogen-bond donors (Lipinski definition) is 0. The lowest BCUT2D eigenvalue weighted by atomic mass is 10.1. The molecule has 0 aliphatic carbocycles. The summed E-state index contributed by atoms with van der Waals surface area (Å²) < 4.78 is 52.7. The van der Waals surface area contributed by atoms with E-state index < -0.39 is 22.0 Å². The third kappa shape index (κ3) is 3.26. The van der Waals surface area contributed by atoms with Crippen LogP contribution in [-0.2, 0) is 9.84 Å². The van der Waals surface area contributed by atoms with Crippen LogP contribution in [0.4, 0.5) is 14.5 Å². The highest BCUT2D eigenvalue weighted by molar-refractivity contribution is 7.90. The zero-order valence-corrected chi connectivity index (χ0v) is 15.4. The first-order valence-corrected chi connectivity index (χ1v) is 9.83. The maximum absolute atomic E-state index is 14.8.